The first kappa shape index (κ1) is 19.2. The number of hydrogen-bond donors (Lipinski definition) is 2. The van der Waals surface area contributed by atoms with Crippen LogP contribution in [0.5, 0.6) is 5.75 Å². The van der Waals surface area contributed by atoms with E-state index in [1.807, 2.05) is 18.2 Å². The summed E-state index contributed by atoms with van der Waals surface area (Å²) >= 11 is 0. The number of hydrogen-bond acceptors (Lipinski definition) is 4. The molecule has 2 aromatic rings. The van der Waals surface area contributed by atoms with Crippen molar-refractivity contribution in [3.8, 4) is 5.75 Å². The Bertz CT molecular complexity index is 867. The van der Waals surface area contributed by atoms with Gasteiger partial charge in [0.1, 0.15) is 11.4 Å². The number of nitrogens with two attached hydrogens (primary N) is 1. The largest absolute Gasteiger partial charge is 0.487 e. The molecule has 4 atom stereocenters. The molecule has 2 aromatic carbocycles. The molecule has 1 fully saturated rings. The van der Waals surface area contributed by atoms with Gasteiger partial charge in [0.25, 0.3) is 0 Å². The van der Waals surface area contributed by atoms with Crippen molar-refractivity contribution in [1.82, 2.24) is 0 Å². The number of benzene rings is 2. The molecule has 0 radical (unpaired) electrons. The molecule has 28 heavy (non-hydrogen) atoms. The van der Waals surface area contributed by atoms with Crippen molar-refractivity contribution >= 4 is 16.7 Å². The molecule has 0 amide bonds. The van der Waals surface area contributed by atoms with E-state index >= 15 is 0 Å². The van der Waals surface area contributed by atoms with Crippen LogP contribution in [0.3, 0.4) is 0 Å². The van der Waals surface area contributed by atoms with E-state index in [0.29, 0.717) is 13.0 Å². The van der Waals surface area contributed by atoms with Crippen LogP contribution in [0, 0.1) is 5.92 Å². The van der Waals surface area contributed by atoms with Crippen molar-refractivity contribution < 1.29 is 19.4 Å². The van der Waals surface area contributed by atoms with E-state index in [1.54, 1.807) is 0 Å². The topological polar surface area (TPSA) is 81.8 Å². The molecule has 2 aliphatic heterocycles. The number of carboxylic acid groups (broad SMARTS) is 1. The van der Waals surface area contributed by atoms with Crippen LogP contribution >= 0.6 is 0 Å². The molecular weight excluding hydrogens is 354 g/mol. The number of ether oxygens (including phenoxy) is 2. The fraction of sp³-hybridized carbons (Fsp3) is 0.522. The Morgan fingerprint density at radius 2 is 2.07 bits per heavy atom. The van der Waals surface area contributed by atoms with Crippen LogP contribution in [0.4, 0.5) is 0 Å². The predicted molar refractivity (Wildman–Crippen MR) is 108 cm³/mol. The summed E-state index contributed by atoms with van der Waals surface area (Å²) in [5, 5.41) is 11.6. The Balaban J connectivity index is 1.75. The highest BCUT2D eigenvalue weighted by atomic mass is 16.5. The fourth-order valence-electron chi connectivity index (χ4n) is 4.92. The van der Waals surface area contributed by atoms with E-state index in [0.717, 1.165) is 42.4 Å². The van der Waals surface area contributed by atoms with E-state index in [2.05, 4.69) is 25.1 Å². The molecule has 5 heteroatoms. The maximum absolute atomic E-state index is 11.2. The maximum Gasteiger partial charge on any atom is 0.303 e. The minimum atomic E-state index is -0.789. The summed E-state index contributed by atoms with van der Waals surface area (Å²) in [5.74, 6) is 0.176. The van der Waals surface area contributed by atoms with Crippen LogP contribution in [0.1, 0.15) is 57.1 Å². The van der Waals surface area contributed by atoms with E-state index in [-0.39, 0.29) is 24.5 Å². The SMILES string of the molecule is C[C@@]1(CCC(=O)O)Oc2ccc3ccccc3c2[C@@H]2O[C@H](CCCN)CC[C@H]21. The fourth-order valence-corrected chi connectivity index (χ4v) is 4.92. The summed E-state index contributed by atoms with van der Waals surface area (Å²) in [4.78, 5) is 11.2. The van der Waals surface area contributed by atoms with Crippen molar-refractivity contribution in [3.05, 3.63) is 42.0 Å². The first-order chi connectivity index (χ1) is 13.5. The standard InChI is InChI=1S/C23H29NO4/c1-23(13-12-20(25)26)18-10-9-16(6-4-14-24)27-22(18)21-17-7-3-2-5-15(17)8-11-19(21)28-23/h2-3,5,7-8,11,16,18,22H,4,6,9-10,12-14,24H2,1H3,(H,25,26)/t16-,18-,22-,23+/m1/s1. The van der Waals surface area contributed by atoms with Gasteiger partial charge in [-0.1, -0.05) is 30.3 Å². The molecule has 0 bridgehead atoms. The molecular formula is C23H29NO4. The van der Waals surface area contributed by atoms with Crippen molar-refractivity contribution in [2.75, 3.05) is 6.54 Å². The smallest absolute Gasteiger partial charge is 0.303 e. The minimum Gasteiger partial charge on any atom is -0.487 e. The van der Waals surface area contributed by atoms with Gasteiger partial charge in [-0.3, -0.25) is 4.79 Å². The summed E-state index contributed by atoms with van der Waals surface area (Å²) in [6, 6.07) is 12.4. The Kier molecular flexibility index (Phi) is 5.30. The molecule has 4 rings (SSSR count). The lowest BCUT2D eigenvalue weighted by Crippen LogP contribution is -2.50. The lowest BCUT2D eigenvalue weighted by molar-refractivity contribution is -0.161. The van der Waals surface area contributed by atoms with Crippen molar-refractivity contribution in [1.29, 1.82) is 0 Å². The zero-order valence-electron chi connectivity index (χ0n) is 16.4. The molecule has 3 N–H and O–H groups in total. The third-order valence-electron chi connectivity index (χ3n) is 6.41. The monoisotopic (exact) mass is 383 g/mol. The highest BCUT2D eigenvalue weighted by molar-refractivity contribution is 5.88. The van der Waals surface area contributed by atoms with E-state index in [4.69, 9.17) is 15.2 Å². The number of aliphatic carboxylic acids is 1. The summed E-state index contributed by atoms with van der Waals surface area (Å²) in [7, 11) is 0. The van der Waals surface area contributed by atoms with Gasteiger partial charge in [0.05, 0.1) is 12.2 Å². The van der Waals surface area contributed by atoms with Gasteiger partial charge in [0.2, 0.25) is 0 Å². The Labute approximate surface area is 165 Å². The molecule has 150 valence electrons. The number of carboxylic acids is 1. The highest BCUT2D eigenvalue weighted by Crippen LogP contribution is 2.54. The van der Waals surface area contributed by atoms with Gasteiger partial charge < -0.3 is 20.3 Å². The van der Waals surface area contributed by atoms with Gasteiger partial charge >= 0.3 is 5.97 Å². The number of carbonyl (C=O) groups is 1. The zero-order valence-corrected chi connectivity index (χ0v) is 16.4. The zero-order chi connectivity index (χ0) is 19.7. The molecule has 0 saturated carbocycles. The lowest BCUT2D eigenvalue weighted by atomic mass is 9.71. The summed E-state index contributed by atoms with van der Waals surface area (Å²) < 4.78 is 13.1. The molecule has 1 saturated heterocycles. The van der Waals surface area contributed by atoms with E-state index in [1.165, 1.54) is 5.39 Å². The second kappa shape index (κ2) is 7.72. The van der Waals surface area contributed by atoms with Crippen LogP contribution in [0.2, 0.25) is 0 Å². The third-order valence-corrected chi connectivity index (χ3v) is 6.41. The van der Waals surface area contributed by atoms with Crippen molar-refractivity contribution in [2.45, 2.75) is 63.3 Å². The summed E-state index contributed by atoms with van der Waals surface area (Å²) in [6.45, 7) is 2.72. The van der Waals surface area contributed by atoms with Gasteiger partial charge in [-0.15, -0.1) is 0 Å². The second-order valence-electron chi connectivity index (χ2n) is 8.30. The number of fused-ring (bicyclic) bond motifs is 5. The van der Waals surface area contributed by atoms with Gasteiger partial charge in [-0.05, 0) is 62.4 Å². The van der Waals surface area contributed by atoms with Crippen LogP contribution < -0.4 is 10.5 Å². The van der Waals surface area contributed by atoms with Gasteiger partial charge in [0, 0.05) is 17.9 Å². The third kappa shape index (κ3) is 3.49. The molecule has 0 aromatic heterocycles. The van der Waals surface area contributed by atoms with E-state index < -0.39 is 11.6 Å². The first-order valence-electron chi connectivity index (χ1n) is 10.3. The molecule has 0 aliphatic carbocycles. The Morgan fingerprint density at radius 3 is 2.86 bits per heavy atom. The van der Waals surface area contributed by atoms with Crippen LogP contribution in [0.15, 0.2) is 36.4 Å². The summed E-state index contributed by atoms with van der Waals surface area (Å²) in [5.41, 5.74) is 6.28. The van der Waals surface area contributed by atoms with Crippen molar-refractivity contribution in [2.24, 2.45) is 11.7 Å². The van der Waals surface area contributed by atoms with Crippen LogP contribution in [-0.4, -0.2) is 29.3 Å². The Morgan fingerprint density at radius 1 is 1.25 bits per heavy atom. The van der Waals surface area contributed by atoms with Crippen LogP contribution in [-0.2, 0) is 9.53 Å². The van der Waals surface area contributed by atoms with Crippen LogP contribution in [0.25, 0.3) is 10.8 Å². The molecule has 5 nitrogen and oxygen atoms in total. The first-order valence-corrected chi connectivity index (χ1v) is 10.3. The van der Waals surface area contributed by atoms with Gasteiger partial charge in [-0.25, -0.2) is 0 Å². The van der Waals surface area contributed by atoms with Crippen molar-refractivity contribution in [3.63, 3.8) is 0 Å². The molecule has 0 spiro atoms. The predicted octanol–water partition coefficient (Wildman–Crippen LogP) is 4.43. The quantitative estimate of drug-likeness (QED) is 0.771. The van der Waals surface area contributed by atoms with Gasteiger partial charge in [-0.2, -0.15) is 0 Å². The summed E-state index contributed by atoms with van der Waals surface area (Å²) in [6.07, 6.45) is 4.55. The van der Waals surface area contributed by atoms with E-state index in [9.17, 15) is 9.90 Å². The minimum absolute atomic E-state index is 0.0785. The normalized spacial score (nSPS) is 29.0. The highest BCUT2D eigenvalue weighted by Gasteiger charge is 2.50. The molecule has 2 heterocycles. The average molecular weight is 383 g/mol. The maximum atomic E-state index is 11.2. The Hall–Kier alpha value is -2.11. The van der Waals surface area contributed by atoms with Gasteiger partial charge in [0.15, 0.2) is 0 Å². The molecule has 2 aliphatic rings. The average Bonchev–Trinajstić information content (AvgIpc) is 2.70. The molecule has 0 unspecified atom stereocenters. The second-order valence-corrected chi connectivity index (χ2v) is 8.30. The lowest BCUT2D eigenvalue weighted by Gasteiger charge is -2.50. The number of rotatable bonds is 6.